The zero-order valence-electron chi connectivity index (χ0n) is 9.96. The maximum absolute atomic E-state index is 12.2. The van der Waals surface area contributed by atoms with Crippen LogP contribution in [0.3, 0.4) is 0 Å². The Balaban J connectivity index is 2.70. The molecular weight excluding hydrogens is 244 g/mol. The van der Waals surface area contributed by atoms with E-state index in [4.69, 9.17) is 15.9 Å². The lowest BCUT2D eigenvalue weighted by molar-refractivity contribution is 0.215. The fraction of sp³-hybridized carbons (Fsp3) is 1.00. The van der Waals surface area contributed by atoms with Gasteiger partial charge in [0.15, 0.2) is 0 Å². The molecule has 6 nitrogen and oxygen atoms in total. The summed E-state index contributed by atoms with van der Waals surface area (Å²) in [6, 6.07) is 0.102. The molecule has 0 unspecified atom stereocenters. The summed E-state index contributed by atoms with van der Waals surface area (Å²) in [6.45, 7) is -0.367. The van der Waals surface area contributed by atoms with E-state index in [9.17, 15) is 8.42 Å². The van der Waals surface area contributed by atoms with E-state index in [-0.39, 0.29) is 32.3 Å². The average Bonchev–Trinajstić information content (AvgIpc) is 2.29. The monoisotopic (exact) mass is 266 g/mol. The number of nitrogens with zero attached hydrogens (tertiary/aromatic N) is 1. The summed E-state index contributed by atoms with van der Waals surface area (Å²) in [5, 5.41) is 17.3. The number of sulfonamides is 1. The number of hydrogen-bond donors (Lipinski definition) is 3. The molecule has 1 rings (SSSR count). The molecule has 1 aliphatic rings. The van der Waals surface area contributed by atoms with Gasteiger partial charge in [-0.15, -0.1) is 0 Å². The lowest BCUT2D eigenvalue weighted by atomic mass is 9.96. The molecule has 0 aromatic rings. The molecule has 102 valence electrons. The summed E-state index contributed by atoms with van der Waals surface area (Å²) >= 11 is 0. The molecule has 17 heavy (non-hydrogen) atoms. The van der Waals surface area contributed by atoms with Gasteiger partial charge in [-0.2, -0.15) is 4.31 Å². The van der Waals surface area contributed by atoms with Gasteiger partial charge in [-0.05, 0) is 25.7 Å². The quantitative estimate of drug-likeness (QED) is 0.564. The predicted octanol–water partition coefficient (Wildman–Crippen LogP) is -1.13. The Bertz CT molecular complexity index is 306. The molecule has 0 heterocycles. The van der Waals surface area contributed by atoms with Crippen molar-refractivity contribution in [1.29, 1.82) is 0 Å². The first-order valence-electron chi connectivity index (χ1n) is 5.98. The third-order valence-electron chi connectivity index (χ3n) is 3.20. The summed E-state index contributed by atoms with van der Waals surface area (Å²) in [5.41, 5.74) is 5.75. The fourth-order valence-electron chi connectivity index (χ4n) is 2.19. The summed E-state index contributed by atoms with van der Waals surface area (Å²) in [6.07, 6.45) is 2.57. The molecule has 1 fully saturated rings. The van der Waals surface area contributed by atoms with Crippen LogP contribution >= 0.6 is 0 Å². The van der Waals surface area contributed by atoms with Crippen molar-refractivity contribution in [2.45, 2.75) is 37.0 Å². The SMILES string of the molecule is NC1CCC(S(=O)(=O)N(CCO)CCO)CC1. The van der Waals surface area contributed by atoms with Crippen molar-refractivity contribution < 1.29 is 18.6 Å². The molecule has 0 spiro atoms. The van der Waals surface area contributed by atoms with Gasteiger partial charge in [0.1, 0.15) is 0 Å². The highest BCUT2D eigenvalue weighted by atomic mass is 32.2. The average molecular weight is 266 g/mol. The second kappa shape index (κ2) is 6.65. The Hall–Kier alpha value is -0.210. The van der Waals surface area contributed by atoms with Crippen molar-refractivity contribution in [3.8, 4) is 0 Å². The van der Waals surface area contributed by atoms with Crippen molar-refractivity contribution in [2.75, 3.05) is 26.3 Å². The minimum absolute atomic E-state index is 0.0471. The Labute approximate surface area is 102 Å². The zero-order valence-corrected chi connectivity index (χ0v) is 10.8. The second-order valence-corrected chi connectivity index (χ2v) is 6.64. The van der Waals surface area contributed by atoms with Gasteiger partial charge in [-0.25, -0.2) is 8.42 Å². The van der Waals surface area contributed by atoms with Crippen LogP contribution < -0.4 is 5.73 Å². The Morgan fingerprint density at radius 1 is 1.06 bits per heavy atom. The lowest BCUT2D eigenvalue weighted by Gasteiger charge is -2.30. The van der Waals surface area contributed by atoms with Gasteiger partial charge in [0, 0.05) is 19.1 Å². The number of aliphatic hydroxyl groups is 2. The van der Waals surface area contributed by atoms with Gasteiger partial charge in [0.05, 0.1) is 18.5 Å². The molecule has 0 aromatic heterocycles. The van der Waals surface area contributed by atoms with Crippen LogP contribution in [0.5, 0.6) is 0 Å². The van der Waals surface area contributed by atoms with Gasteiger partial charge in [0.2, 0.25) is 10.0 Å². The highest BCUT2D eigenvalue weighted by Crippen LogP contribution is 2.25. The van der Waals surface area contributed by atoms with Crippen molar-refractivity contribution >= 4 is 10.0 Å². The molecular formula is C10H22N2O4S. The maximum atomic E-state index is 12.2. The topological polar surface area (TPSA) is 104 Å². The van der Waals surface area contributed by atoms with E-state index in [2.05, 4.69) is 0 Å². The van der Waals surface area contributed by atoms with Gasteiger partial charge in [-0.3, -0.25) is 0 Å². The van der Waals surface area contributed by atoms with Gasteiger partial charge < -0.3 is 15.9 Å². The molecule has 1 aliphatic carbocycles. The molecule has 0 bridgehead atoms. The van der Waals surface area contributed by atoms with Crippen LogP contribution in [0.4, 0.5) is 0 Å². The Kier molecular flexibility index (Phi) is 5.81. The maximum Gasteiger partial charge on any atom is 0.217 e. The largest absolute Gasteiger partial charge is 0.395 e. The highest BCUT2D eigenvalue weighted by Gasteiger charge is 2.33. The van der Waals surface area contributed by atoms with Crippen LogP contribution in [0, 0.1) is 0 Å². The van der Waals surface area contributed by atoms with Crippen LogP contribution in [-0.4, -0.2) is 60.5 Å². The number of nitrogens with two attached hydrogens (primary N) is 1. The third-order valence-corrected chi connectivity index (χ3v) is 5.60. The standard InChI is InChI=1S/C10H22N2O4S/c11-9-1-3-10(4-2-9)17(15,16)12(5-7-13)6-8-14/h9-10,13-14H,1-8,11H2. The smallest absolute Gasteiger partial charge is 0.217 e. The second-order valence-electron chi connectivity index (χ2n) is 4.43. The predicted molar refractivity (Wildman–Crippen MR) is 64.9 cm³/mol. The zero-order chi connectivity index (χ0) is 12.9. The lowest BCUT2D eigenvalue weighted by Crippen LogP contribution is -2.44. The molecule has 7 heteroatoms. The van der Waals surface area contributed by atoms with E-state index < -0.39 is 15.3 Å². The summed E-state index contributed by atoms with van der Waals surface area (Å²) in [4.78, 5) is 0. The van der Waals surface area contributed by atoms with Crippen LogP contribution in [0.2, 0.25) is 0 Å². The minimum atomic E-state index is -3.41. The van der Waals surface area contributed by atoms with E-state index in [1.54, 1.807) is 0 Å². The molecule has 0 radical (unpaired) electrons. The van der Waals surface area contributed by atoms with Crippen molar-refractivity contribution in [1.82, 2.24) is 4.31 Å². The molecule has 0 saturated heterocycles. The van der Waals surface area contributed by atoms with Crippen LogP contribution in [0.1, 0.15) is 25.7 Å². The van der Waals surface area contributed by atoms with Crippen molar-refractivity contribution in [3.05, 3.63) is 0 Å². The van der Waals surface area contributed by atoms with E-state index in [0.717, 1.165) is 12.8 Å². The molecule has 1 saturated carbocycles. The summed E-state index contributed by atoms with van der Waals surface area (Å²) in [5.74, 6) is 0. The summed E-state index contributed by atoms with van der Waals surface area (Å²) < 4.78 is 25.6. The molecule has 4 N–H and O–H groups in total. The molecule has 0 atom stereocenters. The number of hydrogen-bond acceptors (Lipinski definition) is 5. The van der Waals surface area contributed by atoms with E-state index in [1.165, 1.54) is 4.31 Å². The Morgan fingerprint density at radius 3 is 1.94 bits per heavy atom. The first kappa shape index (κ1) is 14.8. The first-order chi connectivity index (χ1) is 8.02. The van der Waals surface area contributed by atoms with E-state index >= 15 is 0 Å². The first-order valence-corrected chi connectivity index (χ1v) is 7.49. The van der Waals surface area contributed by atoms with Gasteiger partial charge >= 0.3 is 0 Å². The summed E-state index contributed by atoms with van der Waals surface area (Å²) in [7, 11) is -3.41. The number of aliphatic hydroxyl groups excluding tert-OH is 2. The van der Waals surface area contributed by atoms with Gasteiger partial charge in [0.25, 0.3) is 0 Å². The highest BCUT2D eigenvalue weighted by molar-refractivity contribution is 7.89. The van der Waals surface area contributed by atoms with Crippen LogP contribution in [0.15, 0.2) is 0 Å². The van der Waals surface area contributed by atoms with Crippen molar-refractivity contribution in [3.63, 3.8) is 0 Å². The number of rotatable bonds is 6. The third kappa shape index (κ3) is 3.89. The van der Waals surface area contributed by atoms with Crippen LogP contribution in [0.25, 0.3) is 0 Å². The molecule has 0 aromatic carbocycles. The molecule has 0 aliphatic heterocycles. The molecule has 0 amide bonds. The Morgan fingerprint density at radius 2 is 1.53 bits per heavy atom. The van der Waals surface area contributed by atoms with Gasteiger partial charge in [-0.1, -0.05) is 0 Å². The minimum Gasteiger partial charge on any atom is -0.395 e. The van der Waals surface area contributed by atoms with E-state index in [0.29, 0.717) is 12.8 Å². The normalized spacial score (nSPS) is 26.4. The van der Waals surface area contributed by atoms with E-state index in [1.807, 2.05) is 0 Å². The fourth-order valence-corrected chi connectivity index (χ4v) is 4.15. The van der Waals surface area contributed by atoms with Crippen molar-refractivity contribution in [2.24, 2.45) is 5.73 Å². The van der Waals surface area contributed by atoms with Crippen LogP contribution in [-0.2, 0) is 10.0 Å².